The van der Waals surface area contributed by atoms with Gasteiger partial charge in [-0.1, -0.05) is 17.7 Å². The first-order valence-corrected chi connectivity index (χ1v) is 8.49. The SMILES string of the molecule is COc1ccc(Cl)cc1CN(C)CC(=O)NCCc1c(F)cccc1F. The van der Waals surface area contributed by atoms with E-state index >= 15 is 0 Å². The Bertz CT molecular complexity index is 751. The summed E-state index contributed by atoms with van der Waals surface area (Å²) in [5, 5.41) is 3.26. The molecule has 4 nitrogen and oxygen atoms in total. The normalized spacial score (nSPS) is 10.8. The maximum Gasteiger partial charge on any atom is 0.234 e. The molecule has 0 saturated heterocycles. The molecule has 0 aliphatic heterocycles. The fourth-order valence-corrected chi connectivity index (χ4v) is 2.81. The molecule has 0 fully saturated rings. The molecule has 0 unspecified atom stereocenters. The minimum atomic E-state index is -0.607. The summed E-state index contributed by atoms with van der Waals surface area (Å²) >= 11 is 6.00. The number of nitrogens with zero attached hydrogens (tertiary/aromatic N) is 1. The van der Waals surface area contributed by atoms with E-state index in [-0.39, 0.29) is 31.0 Å². The molecule has 0 heterocycles. The lowest BCUT2D eigenvalue weighted by Gasteiger charge is -2.18. The van der Waals surface area contributed by atoms with Gasteiger partial charge in [0.25, 0.3) is 0 Å². The lowest BCUT2D eigenvalue weighted by molar-refractivity contribution is -0.122. The van der Waals surface area contributed by atoms with Crippen LogP contribution in [0.15, 0.2) is 36.4 Å². The van der Waals surface area contributed by atoms with Gasteiger partial charge in [0.1, 0.15) is 17.4 Å². The van der Waals surface area contributed by atoms with Crippen LogP contribution in [0.4, 0.5) is 8.78 Å². The summed E-state index contributed by atoms with van der Waals surface area (Å²) in [5.74, 6) is -0.754. The highest BCUT2D eigenvalue weighted by Gasteiger charge is 2.12. The Labute approximate surface area is 156 Å². The molecule has 0 bridgehead atoms. The van der Waals surface area contributed by atoms with Crippen LogP contribution in [-0.2, 0) is 17.8 Å². The fraction of sp³-hybridized carbons (Fsp3) is 0.316. The number of hydrogen-bond donors (Lipinski definition) is 1. The molecule has 26 heavy (non-hydrogen) atoms. The van der Waals surface area contributed by atoms with Crippen molar-refractivity contribution >= 4 is 17.5 Å². The van der Waals surface area contributed by atoms with Crippen LogP contribution in [0.3, 0.4) is 0 Å². The van der Waals surface area contributed by atoms with Crippen LogP contribution < -0.4 is 10.1 Å². The highest BCUT2D eigenvalue weighted by molar-refractivity contribution is 6.30. The van der Waals surface area contributed by atoms with Gasteiger partial charge >= 0.3 is 0 Å². The third-order valence-electron chi connectivity index (χ3n) is 3.86. The largest absolute Gasteiger partial charge is 0.496 e. The van der Waals surface area contributed by atoms with Crippen LogP contribution in [0.2, 0.25) is 5.02 Å². The van der Waals surface area contributed by atoms with Crippen LogP contribution in [0.1, 0.15) is 11.1 Å². The Morgan fingerprint density at radius 3 is 2.58 bits per heavy atom. The maximum atomic E-state index is 13.5. The van der Waals surface area contributed by atoms with E-state index in [1.807, 2.05) is 0 Å². The summed E-state index contributed by atoms with van der Waals surface area (Å²) in [6, 6.07) is 9.01. The molecule has 2 aromatic rings. The van der Waals surface area contributed by atoms with Crippen LogP contribution in [0, 0.1) is 11.6 Å². The Morgan fingerprint density at radius 1 is 1.23 bits per heavy atom. The van der Waals surface area contributed by atoms with Gasteiger partial charge in [0, 0.05) is 29.2 Å². The minimum Gasteiger partial charge on any atom is -0.496 e. The Hall–Kier alpha value is -2.18. The average molecular weight is 383 g/mol. The van der Waals surface area contributed by atoms with E-state index < -0.39 is 11.6 Å². The number of methoxy groups -OCH3 is 1. The molecule has 0 aromatic heterocycles. The van der Waals surface area contributed by atoms with Gasteiger partial charge in [-0.2, -0.15) is 0 Å². The van der Waals surface area contributed by atoms with Crippen LogP contribution in [0.25, 0.3) is 0 Å². The number of nitrogens with one attached hydrogen (secondary N) is 1. The predicted molar refractivity (Wildman–Crippen MR) is 97.4 cm³/mol. The second kappa shape index (κ2) is 9.50. The summed E-state index contributed by atoms with van der Waals surface area (Å²) in [4.78, 5) is 13.8. The maximum absolute atomic E-state index is 13.5. The second-order valence-electron chi connectivity index (χ2n) is 5.93. The molecule has 0 spiro atoms. The molecule has 1 N–H and O–H groups in total. The van der Waals surface area contributed by atoms with E-state index in [0.29, 0.717) is 17.3 Å². The molecule has 0 saturated carbocycles. The van der Waals surface area contributed by atoms with Crippen molar-refractivity contribution in [1.29, 1.82) is 0 Å². The van der Waals surface area contributed by atoms with E-state index in [0.717, 1.165) is 5.56 Å². The Kier molecular flexibility index (Phi) is 7.36. The quantitative estimate of drug-likeness (QED) is 0.760. The van der Waals surface area contributed by atoms with Crippen molar-refractivity contribution in [2.75, 3.05) is 27.2 Å². The fourth-order valence-electron chi connectivity index (χ4n) is 2.62. The number of ether oxygens (including phenoxy) is 1. The Morgan fingerprint density at radius 2 is 1.92 bits per heavy atom. The van der Waals surface area contributed by atoms with Crippen molar-refractivity contribution in [1.82, 2.24) is 10.2 Å². The number of likely N-dealkylation sites (N-methyl/N-ethyl adjacent to an activating group) is 1. The van der Waals surface area contributed by atoms with Crippen LogP contribution in [0.5, 0.6) is 5.75 Å². The third-order valence-corrected chi connectivity index (χ3v) is 4.09. The van der Waals surface area contributed by atoms with Gasteiger partial charge < -0.3 is 10.1 Å². The van der Waals surface area contributed by atoms with Crippen molar-refractivity contribution in [2.45, 2.75) is 13.0 Å². The average Bonchev–Trinajstić information content (AvgIpc) is 2.57. The number of amides is 1. The first-order valence-electron chi connectivity index (χ1n) is 8.11. The molecule has 0 radical (unpaired) electrons. The lowest BCUT2D eigenvalue weighted by Crippen LogP contribution is -2.36. The van der Waals surface area contributed by atoms with E-state index in [2.05, 4.69) is 5.32 Å². The number of carbonyl (C=O) groups excluding carboxylic acids is 1. The summed E-state index contributed by atoms with van der Waals surface area (Å²) in [6.07, 6.45) is 0.0933. The Balaban J connectivity index is 1.83. The third kappa shape index (κ3) is 5.68. The monoisotopic (exact) mass is 382 g/mol. The summed E-state index contributed by atoms with van der Waals surface area (Å²) < 4.78 is 32.4. The summed E-state index contributed by atoms with van der Waals surface area (Å²) in [6.45, 7) is 0.763. The van der Waals surface area contributed by atoms with Crippen molar-refractivity contribution in [3.63, 3.8) is 0 Å². The van der Waals surface area contributed by atoms with Gasteiger partial charge in [-0.05, 0) is 43.8 Å². The number of rotatable bonds is 8. The van der Waals surface area contributed by atoms with Crippen molar-refractivity contribution in [3.05, 3.63) is 64.2 Å². The highest BCUT2D eigenvalue weighted by atomic mass is 35.5. The molecule has 1 amide bonds. The molecule has 2 aromatic carbocycles. The number of hydrogen-bond acceptors (Lipinski definition) is 3. The van der Waals surface area contributed by atoms with Gasteiger partial charge in [-0.25, -0.2) is 8.78 Å². The molecule has 0 atom stereocenters. The topological polar surface area (TPSA) is 41.6 Å². The zero-order valence-electron chi connectivity index (χ0n) is 14.7. The number of benzene rings is 2. The van der Waals surface area contributed by atoms with E-state index in [4.69, 9.17) is 16.3 Å². The van der Waals surface area contributed by atoms with E-state index in [1.165, 1.54) is 18.2 Å². The molecule has 140 valence electrons. The zero-order valence-corrected chi connectivity index (χ0v) is 15.4. The van der Waals surface area contributed by atoms with Crippen molar-refractivity contribution in [2.24, 2.45) is 0 Å². The van der Waals surface area contributed by atoms with Gasteiger partial charge in [-0.15, -0.1) is 0 Å². The smallest absolute Gasteiger partial charge is 0.234 e. The summed E-state index contributed by atoms with van der Waals surface area (Å²) in [7, 11) is 3.36. The first kappa shape index (κ1) is 20.1. The van der Waals surface area contributed by atoms with E-state index in [9.17, 15) is 13.6 Å². The lowest BCUT2D eigenvalue weighted by atomic mass is 10.1. The van der Waals surface area contributed by atoms with Gasteiger partial charge in [0.2, 0.25) is 5.91 Å². The van der Waals surface area contributed by atoms with Crippen molar-refractivity contribution in [3.8, 4) is 5.75 Å². The summed E-state index contributed by atoms with van der Waals surface area (Å²) in [5.41, 5.74) is 0.841. The number of carbonyl (C=O) groups is 1. The molecule has 7 heteroatoms. The molecule has 2 rings (SSSR count). The van der Waals surface area contributed by atoms with Crippen LogP contribution in [-0.4, -0.2) is 38.1 Å². The highest BCUT2D eigenvalue weighted by Crippen LogP contribution is 2.23. The minimum absolute atomic E-state index is 0.0233. The van der Waals surface area contributed by atoms with E-state index in [1.54, 1.807) is 37.3 Å². The molecular weight excluding hydrogens is 362 g/mol. The first-order chi connectivity index (χ1) is 12.4. The number of halogens is 3. The van der Waals surface area contributed by atoms with Gasteiger partial charge in [0.15, 0.2) is 0 Å². The molecule has 0 aliphatic rings. The van der Waals surface area contributed by atoms with Gasteiger partial charge in [-0.3, -0.25) is 9.69 Å². The molecular formula is C19H21ClF2N2O2. The van der Waals surface area contributed by atoms with Crippen LogP contribution >= 0.6 is 11.6 Å². The van der Waals surface area contributed by atoms with Gasteiger partial charge in [0.05, 0.1) is 13.7 Å². The standard InChI is InChI=1S/C19H21ClF2N2O2/c1-24(11-13-10-14(20)6-7-18(13)26-2)12-19(25)23-9-8-15-16(21)4-3-5-17(15)22/h3-7,10H,8-9,11-12H2,1-2H3,(H,23,25). The van der Waals surface area contributed by atoms with Crippen molar-refractivity contribution < 1.29 is 18.3 Å². The zero-order chi connectivity index (χ0) is 19.1. The molecule has 0 aliphatic carbocycles. The second-order valence-corrected chi connectivity index (χ2v) is 6.37. The predicted octanol–water partition coefficient (Wildman–Crippen LogP) is 3.42.